The van der Waals surface area contributed by atoms with Crippen molar-refractivity contribution < 1.29 is 19.8 Å². The molecule has 0 heterocycles. The summed E-state index contributed by atoms with van der Waals surface area (Å²) in [5.41, 5.74) is -1.02. The SMILES string of the molecule is CC(=CC1C(C)(C)C1(C)C(=O)O)C(=O)O. The Morgan fingerprint density at radius 2 is 1.67 bits per heavy atom. The van der Waals surface area contributed by atoms with Gasteiger partial charge in [0.15, 0.2) is 0 Å². The van der Waals surface area contributed by atoms with Gasteiger partial charge in [-0.05, 0) is 19.3 Å². The van der Waals surface area contributed by atoms with E-state index in [1.807, 2.05) is 13.8 Å². The first-order valence-corrected chi connectivity index (χ1v) is 4.80. The Balaban J connectivity index is 2.99. The van der Waals surface area contributed by atoms with E-state index in [0.29, 0.717) is 0 Å². The highest BCUT2D eigenvalue weighted by Gasteiger charge is 2.71. The lowest BCUT2D eigenvalue weighted by atomic mass is 9.99. The quantitative estimate of drug-likeness (QED) is 0.699. The second-order valence-electron chi connectivity index (χ2n) is 4.86. The molecule has 1 aliphatic carbocycles. The zero-order valence-electron chi connectivity index (χ0n) is 9.37. The second-order valence-corrected chi connectivity index (χ2v) is 4.86. The summed E-state index contributed by atoms with van der Waals surface area (Å²) in [6.07, 6.45) is 1.55. The van der Waals surface area contributed by atoms with E-state index < -0.39 is 17.4 Å². The molecule has 0 saturated heterocycles. The Morgan fingerprint density at radius 3 is 1.93 bits per heavy atom. The van der Waals surface area contributed by atoms with Gasteiger partial charge in [0, 0.05) is 11.5 Å². The van der Waals surface area contributed by atoms with Gasteiger partial charge < -0.3 is 10.2 Å². The Morgan fingerprint density at radius 1 is 1.20 bits per heavy atom. The van der Waals surface area contributed by atoms with Gasteiger partial charge in [0.2, 0.25) is 0 Å². The molecule has 0 aromatic heterocycles. The summed E-state index contributed by atoms with van der Waals surface area (Å²) in [6.45, 7) is 6.83. The van der Waals surface area contributed by atoms with Crippen molar-refractivity contribution in [2.75, 3.05) is 0 Å². The molecule has 84 valence electrons. The third kappa shape index (κ3) is 1.44. The molecular formula is C11H16O4. The summed E-state index contributed by atoms with van der Waals surface area (Å²) in [5.74, 6) is -2.07. The van der Waals surface area contributed by atoms with Crippen molar-refractivity contribution in [1.29, 1.82) is 0 Å². The van der Waals surface area contributed by atoms with Gasteiger partial charge in [0.05, 0.1) is 5.41 Å². The Bertz CT molecular complexity index is 354. The first-order valence-electron chi connectivity index (χ1n) is 4.80. The van der Waals surface area contributed by atoms with Crippen LogP contribution in [0.5, 0.6) is 0 Å². The maximum absolute atomic E-state index is 11.1. The van der Waals surface area contributed by atoms with Crippen molar-refractivity contribution in [2.24, 2.45) is 16.7 Å². The summed E-state index contributed by atoms with van der Waals surface area (Å²) in [4.78, 5) is 21.7. The highest BCUT2D eigenvalue weighted by molar-refractivity contribution is 5.87. The summed E-state index contributed by atoms with van der Waals surface area (Å²) < 4.78 is 0. The van der Waals surface area contributed by atoms with Crippen LogP contribution in [0.2, 0.25) is 0 Å². The predicted molar refractivity (Wildman–Crippen MR) is 54.4 cm³/mol. The number of carboxylic acids is 2. The first kappa shape index (κ1) is 11.8. The minimum absolute atomic E-state index is 0.207. The van der Waals surface area contributed by atoms with Crippen LogP contribution < -0.4 is 0 Å². The van der Waals surface area contributed by atoms with E-state index in [4.69, 9.17) is 10.2 Å². The molecule has 1 rings (SSSR count). The van der Waals surface area contributed by atoms with E-state index in [9.17, 15) is 9.59 Å². The molecule has 4 nitrogen and oxygen atoms in total. The standard InChI is InChI=1S/C11H16O4/c1-6(8(12)13)5-7-10(2,3)11(7,4)9(14)15/h5,7H,1-4H3,(H,12,13)(H,14,15). The minimum Gasteiger partial charge on any atom is -0.481 e. The molecule has 2 atom stereocenters. The summed E-state index contributed by atoms with van der Waals surface area (Å²) in [6, 6.07) is 0. The van der Waals surface area contributed by atoms with Crippen LogP contribution >= 0.6 is 0 Å². The molecule has 0 amide bonds. The van der Waals surface area contributed by atoms with E-state index in [1.165, 1.54) is 6.92 Å². The van der Waals surface area contributed by atoms with E-state index in [1.54, 1.807) is 13.0 Å². The molecular weight excluding hydrogens is 196 g/mol. The van der Waals surface area contributed by atoms with Crippen LogP contribution in [0.1, 0.15) is 27.7 Å². The van der Waals surface area contributed by atoms with Crippen LogP contribution in [-0.4, -0.2) is 22.2 Å². The highest BCUT2D eigenvalue weighted by Crippen LogP contribution is 2.69. The average Bonchev–Trinajstić information content (AvgIpc) is 2.51. The van der Waals surface area contributed by atoms with E-state index in [-0.39, 0.29) is 16.9 Å². The van der Waals surface area contributed by atoms with Crippen LogP contribution in [0.15, 0.2) is 11.6 Å². The first-order chi connectivity index (χ1) is 6.65. The molecule has 15 heavy (non-hydrogen) atoms. The van der Waals surface area contributed by atoms with Crippen molar-refractivity contribution in [3.8, 4) is 0 Å². The van der Waals surface area contributed by atoms with Crippen LogP contribution in [0.25, 0.3) is 0 Å². The van der Waals surface area contributed by atoms with E-state index in [0.717, 1.165) is 0 Å². The maximum Gasteiger partial charge on any atom is 0.330 e. The van der Waals surface area contributed by atoms with E-state index >= 15 is 0 Å². The molecule has 0 spiro atoms. The van der Waals surface area contributed by atoms with Crippen LogP contribution in [0, 0.1) is 16.7 Å². The number of rotatable bonds is 3. The van der Waals surface area contributed by atoms with Gasteiger partial charge in [0.25, 0.3) is 0 Å². The third-order valence-electron chi connectivity index (χ3n) is 3.85. The number of aliphatic carboxylic acids is 2. The molecule has 0 aromatic rings. The number of hydrogen-bond acceptors (Lipinski definition) is 2. The van der Waals surface area contributed by atoms with Crippen molar-refractivity contribution >= 4 is 11.9 Å². The lowest BCUT2D eigenvalue weighted by molar-refractivity contribution is -0.144. The van der Waals surface area contributed by atoms with Crippen LogP contribution in [0.3, 0.4) is 0 Å². The third-order valence-corrected chi connectivity index (χ3v) is 3.85. The molecule has 4 heteroatoms. The second kappa shape index (κ2) is 3.08. The van der Waals surface area contributed by atoms with Gasteiger partial charge in [-0.2, -0.15) is 0 Å². The van der Waals surface area contributed by atoms with Crippen molar-refractivity contribution in [3.05, 3.63) is 11.6 Å². The zero-order chi connectivity index (χ0) is 12.0. The van der Waals surface area contributed by atoms with Crippen LogP contribution in [0.4, 0.5) is 0 Å². The van der Waals surface area contributed by atoms with Crippen LogP contribution in [-0.2, 0) is 9.59 Å². The molecule has 2 unspecified atom stereocenters. The number of hydrogen-bond donors (Lipinski definition) is 2. The molecule has 1 saturated carbocycles. The maximum atomic E-state index is 11.1. The Kier molecular flexibility index (Phi) is 2.42. The summed E-state index contributed by atoms with van der Waals surface area (Å²) in [5, 5.41) is 17.8. The van der Waals surface area contributed by atoms with Gasteiger partial charge in [0.1, 0.15) is 0 Å². The van der Waals surface area contributed by atoms with Gasteiger partial charge in [-0.1, -0.05) is 19.9 Å². The molecule has 1 aliphatic rings. The fourth-order valence-electron chi connectivity index (χ4n) is 2.13. The predicted octanol–water partition coefficient (Wildman–Crippen LogP) is 1.76. The Hall–Kier alpha value is -1.32. The summed E-state index contributed by atoms with van der Waals surface area (Å²) >= 11 is 0. The van der Waals surface area contributed by atoms with Gasteiger partial charge in [-0.25, -0.2) is 4.79 Å². The molecule has 0 aromatic carbocycles. The normalized spacial score (nSPS) is 33.6. The Labute approximate surface area is 88.6 Å². The van der Waals surface area contributed by atoms with Gasteiger partial charge in [-0.15, -0.1) is 0 Å². The molecule has 2 N–H and O–H groups in total. The number of allylic oxidation sites excluding steroid dienone is 1. The zero-order valence-corrected chi connectivity index (χ0v) is 9.37. The monoisotopic (exact) mass is 212 g/mol. The largest absolute Gasteiger partial charge is 0.481 e. The summed E-state index contributed by atoms with van der Waals surface area (Å²) in [7, 11) is 0. The van der Waals surface area contributed by atoms with Gasteiger partial charge >= 0.3 is 11.9 Å². The van der Waals surface area contributed by atoms with Crippen molar-refractivity contribution in [3.63, 3.8) is 0 Å². The number of carbonyl (C=O) groups is 2. The smallest absolute Gasteiger partial charge is 0.330 e. The molecule has 0 bridgehead atoms. The van der Waals surface area contributed by atoms with Crippen molar-refractivity contribution in [1.82, 2.24) is 0 Å². The van der Waals surface area contributed by atoms with E-state index in [2.05, 4.69) is 0 Å². The topological polar surface area (TPSA) is 74.6 Å². The molecule has 0 radical (unpaired) electrons. The lowest BCUT2D eigenvalue weighted by Crippen LogP contribution is -2.17. The fourth-order valence-corrected chi connectivity index (χ4v) is 2.13. The molecule has 0 aliphatic heterocycles. The minimum atomic E-state index is -0.995. The van der Waals surface area contributed by atoms with Crippen molar-refractivity contribution in [2.45, 2.75) is 27.7 Å². The molecule has 1 fully saturated rings. The lowest BCUT2D eigenvalue weighted by Gasteiger charge is -2.06. The highest BCUT2D eigenvalue weighted by atomic mass is 16.4. The number of carboxylic acid groups (broad SMARTS) is 2. The fraction of sp³-hybridized carbons (Fsp3) is 0.636. The average molecular weight is 212 g/mol. The van der Waals surface area contributed by atoms with Gasteiger partial charge in [-0.3, -0.25) is 4.79 Å².